The molecule has 27 heavy (non-hydrogen) atoms. The average Bonchev–Trinajstić information content (AvgIpc) is 2.97. The zero-order valence-corrected chi connectivity index (χ0v) is 15.7. The number of ether oxygens (including phenoxy) is 1. The summed E-state index contributed by atoms with van der Waals surface area (Å²) in [5.74, 6) is -1.68. The second kappa shape index (κ2) is 8.20. The van der Waals surface area contributed by atoms with Crippen LogP contribution in [0.4, 0.5) is 5.69 Å². The minimum absolute atomic E-state index is 0.114. The Bertz CT molecular complexity index is 973. The van der Waals surface area contributed by atoms with Gasteiger partial charge in [0.1, 0.15) is 0 Å². The maximum absolute atomic E-state index is 12.8. The SMILES string of the molecule is COC(=O)C=C1SC(=NC(=O)c2cccc(Cl)c2)N(c2ccccc2)C1=O. The van der Waals surface area contributed by atoms with Crippen molar-refractivity contribution in [3.8, 4) is 0 Å². The molecule has 0 bridgehead atoms. The number of amides is 2. The standard InChI is InChI=1S/C19H13ClN2O4S/c1-26-16(23)11-15-18(25)22(14-8-3-2-4-9-14)19(27-15)21-17(24)12-6-5-7-13(20)10-12/h2-11H,1H3. The summed E-state index contributed by atoms with van der Waals surface area (Å²) in [6.07, 6.45) is 1.08. The summed E-state index contributed by atoms with van der Waals surface area (Å²) in [6.45, 7) is 0. The quantitative estimate of drug-likeness (QED) is 0.580. The van der Waals surface area contributed by atoms with Crippen LogP contribution in [0.2, 0.25) is 5.02 Å². The summed E-state index contributed by atoms with van der Waals surface area (Å²) < 4.78 is 4.58. The molecular formula is C19H13ClN2O4S. The topological polar surface area (TPSA) is 76.0 Å². The number of rotatable bonds is 3. The summed E-state index contributed by atoms with van der Waals surface area (Å²) in [7, 11) is 1.22. The molecule has 0 atom stereocenters. The summed E-state index contributed by atoms with van der Waals surface area (Å²) in [6, 6.07) is 15.1. The fraction of sp³-hybridized carbons (Fsp3) is 0.0526. The van der Waals surface area contributed by atoms with Crippen molar-refractivity contribution < 1.29 is 19.1 Å². The van der Waals surface area contributed by atoms with Crippen LogP contribution in [0.3, 0.4) is 0 Å². The monoisotopic (exact) mass is 400 g/mol. The normalized spacial score (nSPS) is 16.8. The molecule has 1 fully saturated rings. The van der Waals surface area contributed by atoms with Crippen molar-refractivity contribution in [2.45, 2.75) is 0 Å². The first-order valence-electron chi connectivity index (χ1n) is 7.75. The lowest BCUT2D eigenvalue weighted by Gasteiger charge is -2.15. The van der Waals surface area contributed by atoms with E-state index in [9.17, 15) is 14.4 Å². The van der Waals surface area contributed by atoms with Crippen molar-refractivity contribution in [3.05, 3.63) is 76.2 Å². The van der Waals surface area contributed by atoms with Gasteiger partial charge in [0, 0.05) is 16.7 Å². The molecule has 1 aliphatic heterocycles. The summed E-state index contributed by atoms with van der Waals surface area (Å²) in [5.41, 5.74) is 0.822. The number of nitrogens with zero attached hydrogens (tertiary/aromatic N) is 2. The number of para-hydroxylation sites is 1. The highest BCUT2D eigenvalue weighted by molar-refractivity contribution is 8.19. The zero-order valence-electron chi connectivity index (χ0n) is 14.1. The van der Waals surface area contributed by atoms with E-state index < -0.39 is 17.8 Å². The van der Waals surface area contributed by atoms with E-state index in [1.807, 2.05) is 0 Å². The Kier molecular flexibility index (Phi) is 5.73. The molecule has 0 saturated carbocycles. The number of hydrogen-bond donors (Lipinski definition) is 0. The summed E-state index contributed by atoms with van der Waals surface area (Å²) in [5, 5.41) is 0.550. The van der Waals surface area contributed by atoms with Crippen molar-refractivity contribution in [1.29, 1.82) is 0 Å². The van der Waals surface area contributed by atoms with E-state index in [0.29, 0.717) is 16.3 Å². The molecule has 2 amide bonds. The minimum Gasteiger partial charge on any atom is -0.466 e. The van der Waals surface area contributed by atoms with E-state index in [0.717, 1.165) is 17.8 Å². The molecule has 136 valence electrons. The van der Waals surface area contributed by atoms with Crippen molar-refractivity contribution >= 4 is 52.0 Å². The fourth-order valence-corrected chi connectivity index (χ4v) is 3.42. The van der Waals surface area contributed by atoms with E-state index in [1.54, 1.807) is 48.5 Å². The van der Waals surface area contributed by atoms with Gasteiger partial charge in [-0.1, -0.05) is 35.9 Å². The Morgan fingerprint density at radius 1 is 1.15 bits per heavy atom. The second-order valence-corrected chi connectivity index (χ2v) is 6.77. The first-order chi connectivity index (χ1) is 13.0. The second-order valence-electron chi connectivity index (χ2n) is 5.32. The number of anilines is 1. The van der Waals surface area contributed by atoms with Gasteiger partial charge in [0.25, 0.3) is 11.8 Å². The van der Waals surface area contributed by atoms with Crippen molar-refractivity contribution in [2.75, 3.05) is 12.0 Å². The van der Waals surface area contributed by atoms with E-state index >= 15 is 0 Å². The van der Waals surface area contributed by atoms with Crippen molar-refractivity contribution in [2.24, 2.45) is 4.99 Å². The van der Waals surface area contributed by atoms with E-state index in [4.69, 9.17) is 11.6 Å². The number of methoxy groups -OCH3 is 1. The molecule has 1 aliphatic rings. The zero-order chi connectivity index (χ0) is 19.4. The van der Waals surface area contributed by atoms with Crippen LogP contribution in [0, 0.1) is 0 Å². The van der Waals surface area contributed by atoms with Crippen molar-refractivity contribution in [1.82, 2.24) is 0 Å². The fourth-order valence-electron chi connectivity index (χ4n) is 2.29. The molecule has 0 radical (unpaired) electrons. The van der Waals surface area contributed by atoms with Gasteiger partial charge < -0.3 is 4.74 Å². The Morgan fingerprint density at radius 2 is 1.89 bits per heavy atom. The van der Waals surface area contributed by atoms with E-state index in [1.165, 1.54) is 18.1 Å². The molecule has 0 spiro atoms. The molecule has 2 aromatic carbocycles. The molecule has 0 N–H and O–H groups in total. The number of carbonyl (C=O) groups is 3. The Labute approximate surface area is 164 Å². The number of carbonyl (C=O) groups excluding carboxylic acids is 3. The van der Waals surface area contributed by atoms with Gasteiger partial charge in [0.05, 0.1) is 17.7 Å². The van der Waals surface area contributed by atoms with Gasteiger partial charge in [-0.2, -0.15) is 4.99 Å². The number of amidine groups is 1. The highest BCUT2D eigenvalue weighted by atomic mass is 35.5. The number of benzene rings is 2. The highest BCUT2D eigenvalue weighted by Crippen LogP contribution is 2.35. The van der Waals surface area contributed by atoms with Crippen LogP contribution >= 0.6 is 23.4 Å². The van der Waals surface area contributed by atoms with Gasteiger partial charge in [-0.15, -0.1) is 0 Å². The van der Waals surface area contributed by atoms with Gasteiger partial charge in [-0.05, 0) is 42.1 Å². The van der Waals surface area contributed by atoms with Crippen LogP contribution < -0.4 is 4.90 Å². The Hall–Kier alpha value is -2.90. The molecule has 0 aromatic heterocycles. The molecule has 0 aliphatic carbocycles. The Morgan fingerprint density at radius 3 is 2.56 bits per heavy atom. The van der Waals surface area contributed by atoms with Crippen LogP contribution in [-0.4, -0.2) is 30.1 Å². The van der Waals surface area contributed by atoms with Crippen LogP contribution in [0.1, 0.15) is 10.4 Å². The van der Waals surface area contributed by atoms with Crippen LogP contribution in [0.25, 0.3) is 0 Å². The predicted molar refractivity (Wildman–Crippen MR) is 105 cm³/mol. The van der Waals surface area contributed by atoms with Gasteiger partial charge in [0.2, 0.25) is 0 Å². The van der Waals surface area contributed by atoms with Crippen LogP contribution in [-0.2, 0) is 14.3 Å². The number of esters is 1. The molecule has 0 unspecified atom stereocenters. The maximum Gasteiger partial charge on any atom is 0.331 e. The van der Waals surface area contributed by atoms with Gasteiger partial charge in [0.15, 0.2) is 5.17 Å². The van der Waals surface area contributed by atoms with E-state index in [-0.39, 0.29) is 10.1 Å². The van der Waals surface area contributed by atoms with Crippen LogP contribution in [0.15, 0.2) is 70.6 Å². The lowest BCUT2D eigenvalue weighted by Crippen LogP contribution is -2.29. The Balaban J connectivity index is 2.02. The number of aliphatic imine (C=N–C) groups is 1. The third-order valence-corrected chi connectivity index (χ3v) is 4.74. The van der Waals surface area contributed by atoms with Gasteiger partial charge >= 0.3 is 5.97 Å². The molecule has 1 heterocycles. The summed E-state index contributed by atoms with van der Waals surface area (Å²) >= 11 is 6.84. The lowest BCUT2D eigenvalue weighted by molar-refractivity contribution is -0.135. The van der Waals surface area contributed by atoms with Gasteiger partial charge in [-0.3, -0.25) is 14.5 Å². The van der Waals surface area contributed by atoms with Crippen molar-refractivity contribution in [3.63, 3.8) is 0 Å². The minimum atomic E-state index is -0.665. The van der Waals surface area contributed by atoms with E-state index in [2.05, 4.69) is 9.73 Å². The molecule has 8 heteroatoms. The molecule has 2 aromatic rings. The molecule has 1 saturated heterocycles. The predicted octanol–water partition coefficient (Wildman–Crippen LogP) is 3.67. The largest absolute Gasteiger partial charge is 0.466 e. The smallest absolute Gasteiger partial charge is 0.331 e. The van der Waals surface area contributed by atoms with Crippen LogP contribution in [0.5, 0.6) is 0 Å². The first-order valence-corrected chi connectivity index (χ1v) is 8.94. The highest BCUT2D eigenvalue weighted by Gasteiger charge is 2.36. The third-order valence-electron chi connectivity index (χ3n) is 3.54. The number of thioether (sulfide) groups is 1. The number of hydrogen-bond acceptors (Lipinski definition) is 5. The molecule has 3 rings (SSSR count). The lowest BCUT2D eigenvalue weighted by atomic mass is 10.2. The van der Waals surface area contributed by atoms with Gasteiger partial charge in [-0.25, -0.2) is 4.79 Å². The summed E-state index contributed by atoms with van der Waals surface area (Å²) in [4.78, 5) is 42.3. The first kappa shape index (κ1) is 18.9. The maximum atomic E-state index is 12.8. The molecular weight excluding hydrogens is 388 g/mol. The number of halogens is 1. The average molecular weight is 401 g/mol. The molecule has 6 nitrogen and oxygen atoms in total. The third kappa shape index (κ3) is 4.27.